The molecule has 0 radical (unpaired) electrons. The minimum atomic E-state index is -4.15. The van der Waals surface area contributed by atoms with Crippen molar-refractivity contribution in [1.82, 2.24) is 4.98 Å². The molecule has 0 aliphatic heterocycles. The third-order valence-electron chi connectivity index (χ3n) is 4.46. The Balaban J connectivity index is 1.87. The van der Waals surface area contributed by atoms with E-state index in [4.69, 9.17) is 16.7 Å². The van der Waals surface area contributed by atoms with Gasteiger partial charge in [-0.1, -0.05) is 36.7 Å². The molecule has 156 valence electrons. The minimum absolute atomic E-state index is 0.0170. The van der Waals surface area contributed by atoms with Crippen LogP contribution in [-0.2, 0) is 27.7 Å². The molecular weight excluding hydrogens is 429 g/mol. The van der Waals surface area contributed by atoms with Crippen LogP contribution >= 0.6 is 11.6 Å². The third kappa shape index (κ3) is 5.21. The predicted molar refractivity (Wildman–Crippen MR) is 114 cm³/mol. The first-order valence-electron chi connectivity index (χ1n) is 9.02. The molecule has 0 atom stereocenters. The van der Waals surface area contributed by atoms with Crippen LogP contribution in [0.25, 0.3) is 11.1 Å². The number of nitrogens with zero attached hydrogens (tertiary/aromatic N) is 1. The van der Waals surface area contributed by atoms with Crippen molar-refractivity contribution in [2.45, 2.75) is 24.7 Å². The highest BCUT2D eigenvalue weighted by molar-refractivity contribution is 7.89. The summed E-state index contributed by atoms with van der Waals surface area (Å²) in [6.07, 6.45) is 3.18. The minimum Gasteiger partial charge on any atom is -0.326 e. The number of amides is 1. The van der Waals surface area contributed by atoms with Crippen molar-refractivity contribution in [3.8, 4) is 11.1 Å². The molecule has 0 aliphatic rings. The number of pyridine rings is 1. The highest BCUT2D eigenvalue weighted by atomic mass is 35.5. The molecule has 2 aromatic carbocycles. The third-order valence-corrected chi connectivity index (χ3v) is 5.77. The molecule has 0 saturated carbocycles. The number of aromatic nitrogens is 1. The topological polar surface area (TPSA) is 102 Å². The highest BCUT2D eigenvalue weighted by Gasteiger charge is 2.18. The quantitative estimate of drug-likeness (QED) is 0.597. The summed E-state index contributed by atoms with van der Waals surface area (Å²) in [4.78, 5) is 15.9. The lowest BCUT2D eigenvalue weighted by Crippen LogP contribution is -2.17. The lowest BCUT2D eigenvalue weighted by molar-refractivity contribution is -0.115. The van der Waals surface area contributed by atoms with E-state index in [0.717, 1.165) is 24.2 Å². The monoisotopic (exact) mass is 447 g/mol. The van der Waals surface area contributed by atoms with Crippen LogP contribution in [0, 0.1) is 5.82 Å². The molecule has 0 bridgehead atoms. The maximum atomic E-state index is 13.5. The summed E-state index contributed by atoms with van der Waals surface area (Å²) < 4.78 is 37.7. The van der Waals surface area contributed by atoms with Crippen molar-refractivity contribution < 1.29 is 17.6 Å². The molecule has 0 unspecified atom stereocenters. The molecule has 1 aromatic heterocycles. The molecule has 0 aliphatic carbocycles. The van der Waals surface area contributed by atoms with Crippen molar-refractivity contribution in [3.63, 3.8) is 0 Å². The molecule has 3 aromatic rings. The van der Waals surface area contributed by atoms with Gasteiger partial charge in [-0.15, -0.1) is 0 Å². The number of benzene rings is 2. The summed E-state index contributed by atoms with van der Waals surface area (Å²) in [6, 6.07) is 10.8. The number of carbonyl (C=O) groups excluding carboxylic acids is 1. The Labute approximate surface area is 179 Å². The van der Waals surface area contributed by atoms with Gasteiger partial charge >= 0.3 is 0 Å². The smallest absolute Gasteiger partial charge is 0.238 e. The number of anilines is 1. The number of sulfonamides is 1. The second-order valence-electron chi connectivity index (χ2n) is 6.65. The molecule has 3 N–H and O–H groups in total. The first-order valence-corrected chi connectivity index (χ1v) is 10.9. The SMILES string of the molecule is CCc1ccc(CC(=O)Nc2ccc(-c3cncc(F)c3)c(S(N)(=O)=O)c2)c(Cl)c1. The summed E-state index contributed by atoms with van der Waals surface area (Å²) in [7, 11) is -4.15. The number of hydrogen-bond acceptors (Lipinski definition) is 4. The van der Waals surface area contributed by atoms with Gasteiger partial charge in [0, 0.05) is 28.0 Å². The molecule has 1 amide bonds. The predicted octanol–water partition coefficient (Wildman–Crippen LogP) is 3.93. The number of halogens is 2. The molecule has 6 nitrogen and oxygen atoms in total. The van der Waals surface area contributed by atoms with Crippen LogP contribution < -0.4 is 10.5 Å². The number of rotatable bonds is 6. The second-order valence-corrected chi connectivity index (χ2v) is 8.59. The van der Waals surface area contributed by atoms with E-state index in [1.165, 1.54) is 24.4 Å². The van der Waals surface area contributed by atoms with Gasteiger partial charge in [0.15, 0.2) is 0 Å². The van der Waals surface area contributed by atoms with Gasteiger partial charge in [-0.2, -0.15) is 0 Å². The first kappa shape index (κ1) is 21.9. The Morgan fingerprint density at radius 1 is 1.17 bits per heavy atom. The maximum Gasteiger partial charge on any atom is 0.238 e. The summed E-state index contributed by atoms with van der Waals surface area (Å²) in [6.45, 7) is 2.00. The van der Waals surface area contributed by atoms with E-state index in [9.17, 15) is 17.6 Å². The zero-order chi connectivity index (χ0) is 21.9. The van der Waals surface area contributed by atoms with Gasteiger partial charge in [-0.25, -0.2) is 17.9 Å². The Hall–Kier alpha value is -2.81. The van der Waals surface area contributed by atoms with Crippen molar-refractivity contribution in [2.75, 3.05) is 5.32 Å². The zero-order valence-electron chi connectivity index (χ0n) is 16.0. The molecule has 1 heterocycles. The standard InChI is InChI=1S/C21H19ClFN3O3S/c1-2-13-3-4-14(19(22)7-13)9-21(27)26-17-5-6-18(20(10-17)30(24,28)29)15-8-16(23)12-25-11-15/h3-8,10-12H,2,9H2,1H3,(H,26,27)(H2,24,28,29). The normalized spacial score (nSPS) is 11.3. The Morgan fingerprint density at radius 3 is 2.57 bits per heavy atom. The lowest BCUT2D eigenvalue weighted by Gasteiger charge is -2.12. The number of hydrogen-bond donors (Lipinski definition) is 2. The van der Waals surface area contributed by atoms with Crippen LogP contribution in [0.2, 0.25) is 5.02 Å². The maximum absolute atomic E-state index is 13.5. The molecule has 30 heavy (non-hydrogen) atoms. The highest BCUT2D eigenvalue weighted by Crippen LogP contribution is 2.29. The van der Waals surface area contributed by atoms with Crippen LogP contribution in [0.3, 0.4) is 0 Å². The van der Waals surface area contributed by atoms with Crippen LogP contribution in [0.4, 0.5) is 10.1 Å². The van der Waals surface area contributed by atoms with Crippen LogP contribution in [0.15, 0.2) is 59.8 Å². The van der Waals surface area contributed by atoms with Gasteiger partial charge < -0.3 is 5.32 Å². The number of aryl methyl sites for hydroxylation is 1. The van der Waals surface area contributed by atoms with Gasteiger partial charge in [-0.05, 0) is 41.8 Å². The van der Waals surface area contributed by atoms with Gasteiger partial charge in [-0.3, -0.25) is 9.78 Å². The van der Waals surface area contributed by atoms with Crippen molar-refractivity contribution in [2.24, 2.45) is 5.14 Å². The molecule has 0 saturated heterocycles. The fourth-order valence-corrected chi connectivity index (χ4v) is 4.02. The van der Waals surface area contributed by atoms with Crippen molar-refractivity contribution in [3.05, 3.63) is 76.8 Å². The van der Waals surface area contributed by atoms with Gasteiger partial charge in [0.25, 0.3) is 0 Å². The van der Waals surface area contributed by atoms with E-state index in [2.05, 4.69) is 10.3 Å². The second kappa shape index (κ2) is 8.91. The summed E-state index contributed by atoms with van der Waals surface area (Å²) in [5.41, 5.74) is 2.38. The van der Waals surface area contributed by atoms with Gasteiger partial charge in [0.1, 0.15) is 5.82 Å². The van der Waals surface area contributed by atoms with E-state index in [0.29, 0.717) is 10.6 Å². The van der Waals surface area contributed by atoms with E-state index >= 15 is 0 Å². The fraction of sp³-hybridized carbons (Fsp3) is 0.143. The number of primary sulfonamides is 1. The molecule has 3 rings (SSSR count). The first-order chi connectivity index (χ1) is 14.2. The van der Waals surface area contributed by atoms with Gasteiger partial charge in [0.2, 0.25) is 15.9 Å². The number of carbonyl (C=O) groups is 1. The average molecular weight is 448 g/mol. The van der Waals surface area contributed by atoms with Crippen LogP contribution in [0.5, 0.6) is 0 Å². The van der Waals surface area contributed by atoms with Crippen molar-refractivity contribution in [1.29, 1.82) is 0 Å². The Kier molecular flexibility index (Phi) is 6.50. The van der Waals surface area contributed by atoms with Crippen LogP contribution in [-0.4, -0.2) is 19.3 Å². The van der Waals surface area contributed by atoms with E-state index < -0.39 is 15.8 Å². The fourth-order valence-electron chi connectivity index (χ4n) is 2.97. The zero-order valence-corrected chi connectivity index (χ0v) is 17.6. The molecular formula is C21H19ClFN3O3S. The van der Waals surface area contributed by atoms with Gasteiger partial charge in [0.05, 0.1) is 17.5 Å². The summed E-state index contributed by atoms with van der Waals surface area (Å²) in [5.74, 6) is -0.988. The van der Waals surface area contributed by atoms with Crippen LogP contribution in [0.1, 0.15) is 18.1 Å². The average Bonchev–Trinajstić information content (AvgIpc) is 2.68. The van der Waals surface area contributed by atoms with E-state index in [1.54, 1.807) is 6.07 Å². The lowest BCUT2D eigenvalue weighted by atomic mass is 10.1. The van der Waals surface area contributed by atoms with E-state index in [-0.39, 0.29) is 34.0 Å². The molecule has 0 spiro atoms. The Morgan fingerprint density at radius 2 is 1.93 bits per heavy atom. The number of nitrogens with one attached hydrogen (secondary N) is 1. The Bertz CT molecular complexity index is 1220. The van der Waals surface area contributed by atoms with E-state index in [1.807, 2.05) is 19.1 Å². The summed E-state index contributed by atoms with van der Waals surface area (Å²) >= 11 is 6.23. The summed E-state index contributed by atoms with van der Waals surface area (Å²) in [5, 5.41) is 8.46. The number of nitrogens with two attached hydrogens (primary N) is 1. The molecule has 9 heteroatoms. The largest absolute Gasteiger partial charge is 0.326 e. The van der Waals surface area contributed by atoms with Crippen molar-refractivity contribution >= 4 is 33.2 Å². The molecule has 0 fully saturated rings.